The maximum Gasteiger partial charge on any atom is 0.410 e. The fraction of sp³-hybridized carbons (Fsp3) is 0.500. The Labute approximate surface area is 292 Å². The van der Waals surface area contributed by atoms with Gasteiger partial charge in [-0.1, -0.05) is 45.9 Å². The third kappa shape index (κ3) is 8.01. The van der Waals surface area contributed by atoms with E-state index in [2.05, 4.69) is 25.5 Å². The molecule has 1 aromatic carbocycles. The van der Waals surface area contributed by atoms with Crippen LogP contribution in [0.4, 0.5) is 10.6 Å². The SMILES string of the molecule is Cc1cccnc1N(C(=O)c1ccc(-c2cnn(C)c2-c2nnn(C(OC(=O)C(C)C)C(C)C)n2)cc1)[C@@H]1CCCN(C(=O)OC(C)(C)C)C1. The summed E-state index contributed by atoms with van der Waals surface area (Å²) in [7, 11) is 1.79. The lowest BCUT2D eigenvalue weighted by Gasteiger charge is -2.39. The molecule has 0 spiro atoms. The van der Waals surface area contributed by atoms with E-state index in [0.29, 0.717) is 42.4 Å². The van der Waals surface area contributed by atoms with E-state index in [-0.39, 0.29) is 29.8 Å². The summed E-state index contributed by atoms with van der Waals surface area (Å²) >= 11 is 0. The molecule has 0 radical (unpaired) electrons. The number of anilines is 1. The van der Waals surface area contributed by atoms with Crippen molar-refractivity contribution in [1.82, 2.24) is 39.9 Å². The maximum atomic E-state index is 14.4. The number of aryl methyl sites for hydroxylation is 2. The van der Waals surface area contributed by atoms with Gasteiger partial charge >= 0.3 is 12.1 Å². The highest BCUT2D eigenvalue weighted by atomic mass is 16.6. The third-order valence-electron chi connectivity index (χ3n) is 8.37. The van der Waals surface area contributed by atoms with Crippen molar-refractivity contribution in [3.63, 3.8) is 0 Å². The van der Waals surface area contributed by atoms with E-state index >= 15 is 0 Å². The number of carbonyl (C=O) groups is 3. The quantitative estimate of drug-likeness (QED) is 0.197. The maximum absolute atomic E-state index is 14.4. The van der Waals surface area contributed by atoms with Crippen LogP contribution in [0.3, 0.4) is 0 Å². The number of nitrogens with zero attached hydrogens (tertiary/aromatic N) is 9. The highest BCUT2D eigenvalue weighted by Gasteiger charge is 2.35. The van der Waals surface area contributed by atoms with Crippen LogP contribution in [0.15, 0.2) is 48.8 Å². The first-order valence-electron chi connectivity index (χ1n) is 17.0. The molecule has 0 bridgehead atoms. The summed E-state index contributed by atoms with van der Waals surface area (Å²) < 4.78 is 13.0. The zero-order valence-electron chi connectivity index (χ0n) is 30.3. The second-order valence-electron chi connectivity index (χ2n) is 14.3. The van der Waals surface area contributed by atoms with E-state index in [1.165, 1.54) is 4.80 Å². The lowest BCUT2D eigenvalue weighted by atomic mass is 10.0. The van der Waals surface area contributed by atoms with Crippen LogP contribution in [0, 0.1) is 18.8 Å². The molecule has 2 atom stereocenters. The molecule has 1 unspecified atom stereocenters. The van der Waals surface area contributed by atoms with Gasteiger partial charge in [-0.15, -0.1) is 15.0 Å². The van der Waals surface area contributed by atoms with Crippen molar-refractivity contribution in [3.05, 3.63) is 59.9 Å². The highest BCUT2D eigenvalue weighted by Crippen LogP contribution is 2.32. The zero-order chi connectivity index (χ0) is 36.3. The molecule has 14 nitrogen and oxygen atoms in total. The van der Waals surface area contributed by atoms with Gasteiger partial charge in [0.1, 0.15) is 17.1 Å². The fourth-order valence-corrected chi connectivity index (χ4v) is 5.80. The monoisotopic (exact) mass is 685 g/mol. The molecular formula is C36H47N9O5. The van der Waals surface area contributed by atoms with Gasteiger partial charge in [-0.3, -0.25) is 19.2 Å². The number of esters is 1. The van der Waals surface area contributed by atoms with Gasteiger partial charge < -0.3 is 14.4 Å². The number of hydrogen-bond acceptors (Lipinski definition) is 10. The van der Waals surface area contributed by atoms with Crippen LogP contribution in [-0.4, -0.2) is 82.6 Å². The molecule has 1 saturated heterocycles. The van der Waals surface area contributed by atoms with Crippen LogP contribution in [0.25, 0.3) is 22.6 Å². The number of ether oxygens (including phenoxy) is 2. The molecule has 4 heterocycles. The summed E-state index contributed by atoms with van der Waals surface area (Å²) in [5, 5.41) is 17.6. The van der Waals surface area contributed by atoms with Crippen LogP contribution >= 0.6 is 0 Å². The summed E-state index contributed by atoms with van der Waals surface area (Å²) in [5.74, 6) is -0.0954. The number of amides is 2. The molecule has 3 aromatic heterocycles. The van der Waals surface area contributed by atoms with Crippen molar-refractivity contribution in [3.8, 4) is 22.6 Å². The van der Waals surface area contributed by atoms with Crippen molar-refractivity contribution in [2.75, 3.05) is 18.0 Å². The van der Waals surface area contributed by atoms with Crippen LogP contribution < -0.4 is 4.90 Å². The first kappa shape index (κ1) is 36.1. The summed E-state index contributed by atoms with van der Waals surface area (Å²) in [6, 6.07) is 10.7. The molecule has 4 aromatic rings. The number of rotatable bonds is 9. The van der Waals surface area contributed by atoms with Crippen molar-refractivity contribution in [2.24, 2.45) is 18.9 Å². The minimum Gasteiger partial charge on any atom is -0.444 e. The van der Waals surface area contributed by atoms with E-state index in [1.54, 1.807) is 59.9 Å². The molecule has 0 N–H and O–H groups in total. The van der Waals surface area contributed by atoms with Crippen LogP contribution in [0.1, 0.15) is 83.5 Å². The summed E-state index contributed by atoms with van der Waals surface area (Å²) in [6.45, 7) is 15.7. The molecule has 0 saturated carbocycles. The fourth-order valence-electron chi connectivity index (χ4n) is 5.80. The van der Waals surface area contributed by atoms with E-state index in [4.69, 9.17) is 9.47 Å². The Bertz CT molecular complexity index is 1820. The Morgan fingerprint density at radius 1 is 1.04 bits per heavy atom. The number of benzene rings is 1. The molecule has 1 fully saturated rings. The average Bonchev–Trinajstić information content (AvgIpc) is 3.70. The predicted octanol–water partition coefficient (Wildman–Crippen LogP) is 5.84. The van der Waals surface area contributed by atoms with Gasteiger partial charge in [-0.25, -0.2) is 9.78 Å². The van der Waals surface area contributed by atoms with Gasteiger partial charge in [0.15, 0.2) is 0 Å². The van der Waals surface area contributed by atoms with E-state index < -0.39 is 17.9 Å². The molecule has 14 heteroatoms. The largest absolute Gasteiger partial charge is 0.444 e. The Morgan fingerprint density at radius 2 is 1.76 bits per heavy atom. The minimum absolute atomic E-state index is 0.0979. The molecule has 266 valence electrons. The molecule has 50 heavy (non-hydrogen) atoms. The molecule has 1 aliphatic rings. The summed E-state index contributed by atoms with van der Waals surface area (Å²) in [5.41, 5.74) is 2.84. The van der Waals surface area contributed by atoms with E-state index in [0.717, 1.165) is 23.1 Å². The van der Waals surface area contributed by atoms with E-state index in [9.17, 15) is 14.4 Å². The Hall–Kier alpha value is -5.14. The van der Waals surface area contributed by atoms with Gasteiger partial charge in [0.05, 0.1) is 18.2 Å². The average molecular weight is 686 g/mol. The molecule has 0 aliphatic carbocycles. The smallest absolute Gasteiger partial charge is 0.410 e. The lowest BCUT2D eigenvalue weighted by Crippen LogP contribution is -2.53. The number of likely N-dealkylation sites (tertiary alicyclic amines) is 1. The van der Waals surface area contributed by atoms with Crippen LogP contribution in [-0.2, 0) is 21.3 Å². The van der Waals surface area contributed by atoms with Crippen molar-refractivity contribution in [1.29, 1.82) is 0 Å². The number of aromatic nitrogens is 7. The number of piperidine rings is 1. The first-order chi connectivity index (χ1) is 23.6. The molecule has 5 rings (SSSR count). The molecule has 2 amide bonds. The Balaban J connectivity index is 1.42. The van der Waals surface area contributed by atoms with Crippen LogP contribution in [0.2, 0.25) is 0 Å². The Kier molecular flexibility index (Phi) is 10.7. The van der Waals surface area contributed by atoms with Gasteiger partial charge in [0.2, 0.25) is 12.1 Å². The molecular weight excluding hydrogens is 638 g/mol. The zero-order valence-corrected chi connectivity index (χ0v) is 30.3. The number of carbonyl (C=O) groups excluding carboxylic acids is 3. The number of tetrazole rings is 1. The second-order valence-corrected chi connectivity index (χ2v) is 14.3. The van der Waals surface area contributed by atoms with Gasteiger partial charge in [-0.05, 0) is 75.1 Å². The van der Waals surface area contributed by atoms with E-state index in [1.807, 2.05) is 65.8 Å². The predicted molar refractivity (Wildman–Crippen MR) is 187 cm³/mol. The normalized spacial score (nSPS) is 15.7. The van der Waals surface area contributed by atoms with Crippen LogP contribution in [0.5, 0.6) is 0 Å². The van der Waals surface area contributed by atoms with Crippen molar-refractivity contribution >= 4 is 23.8 Å². The molecule has 1 aliphatic heterocycles. The standard InChI is InChI=1S/C36H47N9O5/c1-22(2)33(49-34(47)23(3)4)45-40-30(39-41-45)29-28(20-38-42(29)9)25-14-16-26(17-15-25)32(46)44(31-24(5)12-10-18-37-31)27-13-11-19-43(21-27)35(48)50-36(6,7)8/h10,12,14-18,20,22-23,27,33H,11,13,19,21H2,1-9H3/t27-,33?/m1/s1. The van der Waals surface area contributed by atoms with Gasteiger partial charge in [0, 0.05) is 43.4 Å². The lowest BCUT2D eigenvalue weighted by molar-refractivity contribution is -0.163. The Morgan fingerprint density at radius 3 is 2.40 bits per heavy atom. The van der Waals surface area contributed by atoms with Crippen molar-refractivity contribution in [2.45, 2.75) is 86.1 Å². The second kappa shape index (κ2) is 14.8. The van der Waals surface area contributed by atoms with Crippen molar-refractivity contribution < 1.29 is 23.9 Å². The summed E-state index contributed by atoms with van der Waals surface area (Å²) in [4.78, 5) is 49.0. The topological polar surface area (TPSA) is 150 Å². The van der Waals surface area contributed by atoms with Gasteiger partial charge in [0.25, 0.3) is 5.91 Å². The third-order valence-corrected chi connectivity index (χ3v) is 8.37. The summed E-state index contributed by atoms with van der Waals surface area (Å²) in [6.07, 6.45) is 3.70. The number of hydrogen-bond donors (Lipinski definition) is 0. The van der Waals surface area contributed by atoms with Gasteiger partial charge in [-0.2, -0.15) is 5.10 Å². The first-order valence-corrected chi connectivity index (χ1v) is 17.0. The minimum atomic E-state index is -0.723. The number of pyridine rings is 1. The highest BCUT2D eigenvalue weighted by molar-refractivity contribution is 6.06.